The first-order chi connectivity index (χ1) is 8.71. The van der Waals surface area contributed by atoms with Gasteiger partial charge in [0.25, 0.3) is 5.56 Å². The summed E-state index contributed by atoms with van der Waals surface area (Å²) in [5, 5.41) is 3.06. The van der Waals surface area contributed by atoms with Crippen LogP contribution in [0.5, 0.6) is 0 Å². The summed E-state index contributed by atoms with van der Waals surface area (Å²) in [4.78, 5) is 16.4. The van der Waals surface area contributed by atoms with Gasteiger partial charge in [0.1, 0.15) is 0 Å². The van der Waals surface area contributed by atoms with E-state index in [1.165, 1.54) is 0 Å². The number of rotatable bonds is 5. The average Bonchev–Trinajstić information content (AvgIpc) is 2.25. The maximum atomic E-state index is 12.2. The molecule has 0 aliphatic carbocycles. The zero-order valence-electron chi connectivity index (χ0n) is 12.6. The highest BCUT2D eigenvalue weighted by Gasteiger charge is 2.16. The van der Waals surface area contributed by atoms with Crippen LogP contribution in [-0.2, 0) is 5.54 Å². The van der Waals surface area contributed by atoms with Crippen LogP contribution in [-0.4, -0.2) is 22.1 Å². The third-order valence-electron chi connectivity index (χ3n) is 2.87. The zero-order chi connectivity index (χ0) is 14.6. The molecule has 19 heavy (non-hydrogen) atoms. The van der Waals surface area contributed by atoms with Gasteiger partial charge >= 0.3 is 0 Å². The zero-order valence-corrected chi connectivity index (χ0v) is 12.6. The Labute approximate surface area is 115 Å². The van der Waals surface area contributed by atoms with Gasteiger partial charge in [-0.3, -0.25) is 4.79 Å². The van der Waals surface area contributed by atoms with Gasteiger partial charge in [-0.25, -0.2) is 4.98 Å². The number of hydrogen-bond acceptors (Lipinski definition) is 4. The lowest BCUT2D eigenvalue weighted by molar-refractivity contribution is 0.383. The lowest BCUT2D eigenvalue weighted by atomic mass is 10.0. The Morgan fingerprint density at radius 1 is 1.42 bits per heavy atom. The van der Waals surface area contributed by atoms with Crippen molar-refractivity contribution in [2.75, 3.05) is 11.9 Å². The van der Waals surface area contributed by atoms with Crippen molar-refractivity contribution in [3.05, 3.63) is 22.7 Å². The molecule has 5 heteroatoms. The minimum absolute atomic E-state index is 0.0319. The molecule has 0 aromatic carbocycles. The summed E-state index contributed by atoms with van der Waals surface area (Å²) in [5.74, 6) is 0.920. The van der Waals surface area contributed by atoms with Gasteiger partial charge in [0, 0.05) is 30.5 Å². The van der Waals surface area contributed by atoms with E-state index in [0.717, 1.165) is 6.42 Å². The number of anilines is 1. The largest absolute Gasteiger partial charge is 0.364 e. The Morgan fingerprint density at radius 3 is 2.58 bits per heavy atom. The van der Waals surface area contributed by atoms with Gasteiger partial charge in [0.15, 0.2) is 5.82 Å². The second-order valence-corrected chi connectivity index (χ2v) is 6.39. The summed E-state index contributed by atoms with van der Waals surface area (Å²) >= 11 is 0. The van der Waals surface area contributed by atoms with Gasteiger partial charge in [-0.15, -0.1) is 0 Å². The predicted octanol–water partition coefficient (Wildman–Crippen LogP) is 1.78. The van der Waals surface area contributed by atoms with Gasteiger partial charge in [-0.2, -0.15) is 0 Å². The molecular weight excluding hydrogens is 240 g/mol. The normalized spacial score (nSPS) is 13.6. The van der Waals surface area contributed by atoms with Crippen LogP contribution in [0.1, 0.15) is 41.0 Å². The maximum absolute atomic E-state index is 12.2. The first-order valence-corrected chi connectivity index (χ1v) is 6.79. The van der Waals surface area contributed by atoms with Crippen LogP contribution in [0.3, 0.4) is 0 Å². The number of nitrogens with two attached hydrogens (primary N) is 1. The van der Waals surface area contributed by atoms with Crippen molar-refractivity contribution in [1.29, 1.82) is 0 Å². The predicted molar refractivity (Wildman–Crippen MR) is 79.4 cm³/mol. The summed E-state index contributed by atoms with van der Waals surface area (Å²) in [6, 6.07) is 0.0319. The molecule has 1 atom stereocenters. The first kappa shape index (κ1) is 15.7. The molecule has 0 aliphatic heterocycles. The maximum Gasteiger partial charge on any atom is 0.293 e. The molecule has 1 heterocycles. The lowest BCUT2D eigenvalue weighted by Crippen LogP contribution is -2.37. The Bertz CT molecular complexity index is 459. The van der Waals surface area contributed by atoms with Crippen molar-refractivity contribution in [2.24, 2.45) is 11.7 Å². The summed E-state index contributed by atoms with van der Waals surface area (Å²) in [6.07, 6.45) is 4.28. The monoisotopic (exact) mass is 266 g/mol. The van der Waals surface area contributed by atoms with Crippen LogP contribution in [0.15, 0.2) is 17.2 Å². The summed E-state index contributed by atoms with van der Waals surface area (Å²) in [7, 11) is 0. The van der Waals surface area contributed by atoms with E-state index < -0.39 is 0 Å². The molecule has 0 aliphatic rings. The summed E-state index contributed by atoms with van der Waals surface area (Å²) < 4.78 is 1.68. The van der Waals surface area contributed by atoms with Gasteiger partial charge in [0.2, 0.25) is 0 Å². The fourth-order valence-electron chi connectivity index (χ4n) is 1.98. The SMILES string of the molecule is CC(C)CC(N)CNc1nccn(C(C)(C)C)c1=O. The van der Waals surface area contributed by atoms with Crippen molar-refractivity contribution in [2.45, 2.75) is 52.6 Å². The molecular formula is C14H26N4O. The highest BCUT2D eigenvalue weighted by molar-refractivity contribution is 5.31. The second-order valence-electron chi connectivity index (χ2n) is 6.39. The standard InChI is InChI=1S/C14H26N4O/c1-10(2)8-11(15)9-17-12-13(19)18(7-6-16-12)14(3,4)5/h6-7,10-11H,8-9,15H2,1-5H3,(H,16,17). The minimum atomic E-state index is -0.253. The van der Waals surface area contributed by atoms with E-state index in [0.29, 0.717) is 18.3 Å². The lowest BCUT2D eigenvalue weighted by Gasteiger charge is -2.23. The molecule has 5 nitrogen and oxygen atoms in total. The van der Waals surface area contributed by atoms with E-state index in [2.05, 4.69) is 24.1 Å². The topological polar surface area (TPSA) is 72.9 Å². The Morgan fingerprint density at radius 2 is 2.05 bits per heavy atom. The van der Waals surface area contributed by atoms with Crippen LogP contribution >= 0.6 is 0 Å². The van der Waals surface area contributed by atoms with Crippen molar-refractivity contribution >= 4 is 5.82 Å². The van der Waals surface area contributed by atoms with Crippen molar-refractivity contribution < 1.29 is 0 Å². The molecule has 0 fully saturated rings. The molecule has 1 unspecified atom stereocenters. The summed E-state index contributed by atoms with van der Waals surface area (Å²) in [5.41, 5.74) is 5.64. The molecule has 1 rings (SSSR count). The Kier molecular flexibility index (Phi) is 5.11. The van der Waals surface area contributed by atoms with E-state index in [-0.39, 0.29) is 17.1 Å². The molecule has 108 valence electrons. The molecule has 0 radical (unpaired) electrons. The fraction of sp³-hybridized carbons (Fsp3) is 0.714. The third-order valence-corrected chi connectivity index (χ3v) is 2.87. The van der Waals surface area contributed by atoms with E-state index in [9.17, 15) is 4.79 Å². The quantitative estimate of drug-likeness (QED) is 0.852. The Balaban J connectivity index is 2.78. The number of hydrogen-bond donors (Lipinski definition) is 2. The van der Waals surface area contributed by atoms with E-state index in [4.69, 9.17) is 5.73 Å². The van der Waals surface area contributed by atoms with Crippen LogP contribution in [0, 0.1) is 5.92 Å². The van der Waals surface area contributed by atoms with Crippen LogP contribution in [0.25, 0.3) is 0 Å². The van der Waals surface area contributed by atoms with Crippen molar-refractivity contribution in [3.63, 3.8) is 0 Å². The van der Waals surface area contributed by atoms with Crippen LogP contribution in [0.2, 0.25) is 0 Å². The molecule has 0 spiro atoms. The number of nitrogens with one attached hydrogen (secondary N) is 1. The van der Waals surface area contributed by atoms with Crippen molar-refractivity contribution in [1.82, 2.24) is 9.55 Å². The highest BCUT2D eigenvalue weighted by Crippen LogP contribution is 2.11. The minimum Gasteiger partial charge on any atom is -0.364 e. The van der Waals surface area contributed by atoms with Gasteiger partial charge in [0.05, 0.1) is 0 Å². The Hall–Kier alpha value is -1.36. The van der Waals surface area contributed by atoms with Gasteiger partial charge < -0.3 is 15.6 Å². The van der Waals surface area contributed by atoms with E-state index in [1.54, 1.807) is 17.0 Å². The molecule has 1 aromatic heterocycles. The summed E-state index contributed by atoms with van der Waals surface area (Å²) in [6.45, 7) is 10.8. The number of nitrogens with zero attached hydrogens (tertiary/aromatic N) is 2. The number of aromatic nitrogens is 2. The van der Waals surface area contributed by atoms with E-state index in [1.807, 2.05) is 20.8 Å². The highest BCUT2D eigenvalue weighted by atomic mass is 16.1. The molecule has 3 N–H and O–H groups in total. The first-order valence-electron chi connectivity index (χ1n) is 6.79. The molecule has 0 saturated heterocycles. The average molecular weight is 266 g/mol. The van der Waals surface area contributed by atoms with Gasteiger partial charge in [-0.05, 0) is 33.1 Å². The third kappa shape index (κ3) is 4.67. The van der Waals surface area contributed by atoms with E-state index >= 15 is 0 Å². The second kappa shape index (κ2) is 6.19. The van der Waals surface area contributed by atoms with Crippen LogP contribution < -0.4 is 16.6 Å². The molecule has 0 bridgehead atoms. The smallest absolute Gasteiger partial charge is 0.293 e. The van der Waals surface area contributed by atoms with Crippen LogP contribution in [0.4, 0.5) is 5.82 Å². The van der Waals surface area contributed by atoms with Gasteiger partial charge in [-0.1, -0.05) is 13.8 Å². The molecule has 1 aromatic rings. The molecule has 0 amide bonds. The van der Waals surface area contributed by atoms with Crippen molar-refractivity contribution in [3.8, 4) is 0 Å². The molecule has 0 saturated carbocycles. The fourth-order valence-corrected chi connectivity index (χ4v) is 1.98.